The molecule has 2 heteroatoms. The number of esters is 1. The second-order valence-corrected chi connectivity index (χ2v) is 3.67. The second-order valence-electron chi connectivity index (χ2n) is 3.67. The van der Waals surface area contributed by atoms with Crippen molar-refractivity contribution in [1.82, 2.24) is 0 Å². The van der Waals surface area contributed by atoms with Crippen LogP contribution in [0.3, 0.4) is 0 Å². The normalized spacial score (nSPS) is 15.2. The fourth-order valence-corrected chi connectivity index (χ4v) is 1.43. The van der Waals surface area contributed by atoms with E-state index < -0.39 is 0 Å². The third-order valence-corrected chi connectivity index (χ3v) is 2.45. The van der Waals surface area contributed by atoms with Crippen LogP contribution < -0.4 is 4.74 Å². The highest BCUT2D eigenvalue weighted by atomic mass is 16.5. The smallest absolute Gasteiger partial charge is 0.310 e. The van der Waals surface area contributed by atoms with Crippen LogP contribution in [0.1, 0.15) is 37.7 Å². The Morgan fingerprint density at radius 2 is 2.00 bits per heavy atom. The van der Waals surface area contributed by atoms with Gasteiger partial charge in [0.2, 0.25) is 0 Å². The number of rotatable bonds is 3. The summed E-state index contributed by atoms with van der Waals surface area (Å²) >= 11 is 0. The average molecular weight is 190 g/mol. The van der Waals surface area contributed by atoms with Gasteiger partial charge < -0.3 is 4.74 Å². The SMILES string of the molecule is CCC(=O)Oc1ccc(C2CC2)cc1. The molecular weight excluding hydrogens is 176 g/mol. The molecule has 0 spiro atoms. The first-order chi connectivity index (χ1) is 6.79. The van der Waals surface area contributed by atoms with Gasteiger partial charge in [0, 0.05) is 6.42 Å². The highest BCUT2D eigenvalue weighted by Gasteiger charge is 2.23. The number of carbonyl (C=O) groups is 1. The molecule has 1 aromatic rings. The van der Waals surface area contributed by atoms with E-state index in [1.807, 2.05) is 12.1 Å². The number of hydrogen-bond donors (Lipinski definition) is 0. The molecule has 2 rings (SSSR count). The van der Waals surface area contributed by atoms with Gasteiger partial charge in [0.25, 0.3) is 0 Å². The lowest BCUT2D eigenvalue weighted by Gasteiger charge is -2.03. The lowest BCUT2D eigenvalue weighted by molar-refractivity contribution is -0.134. The molecule has 0 unspecified atom stereocenters. The Labute approximate surface area is 83.9 Å². The summed E-state index contributed by atoms with van der Waals surface area (Å²) in [5.74, 6) is 1.23. The molecule has 0 aliphatic heterocycles. The van der Waals surface area contributed by atoms with E-state index in [2.05, 4.69) is 12.1 Å². The lowest BCUT2D eigenvalue weighted by Crippen LogP contribution is -2.05. The van der Waals surface area contributed by atoms with Crippen molar-refractivity contribution in [3.05, 3.63) is 29.8 Å². The van der Waals surface area contributed by atoms with Crippen LogP contribution in [-0.4, -0.2) is 5.97 Å². The van der Waals surface area contributed by atoms with Gasteiger partial charge >= 0.3 is 5.97 Å². The van der Waals surface area contributed by atoms with Crippen LogP contribution in [0.5, 0.6) is 5.75 Å². The summed E-state index contributed by atoms with van der Waals surface area (Å²) in [4.78, 5) is 11.0. The van der Waals surface area contributed by atoms with Crippen LogP contribution in [0.25, 0.3) is 0 Å². The maximum atomic E-state index is 11.0. The summed E-state index contributed by atoms with van der Waals surface area (Å²) in [6.45, 7) is 1.79. The molecule has 14 heavy (non-hydrogen) atoms. The minimum atomic E-state index is -0.177. The van der Waals surface area contributed by atoms with Crippen LogP contribution in [0.4, 0.5) is 0 Å². The molecule has 0 radical (unpaired) electrons. The first-order valence-electron chi connectivity index (χ1n) is 5.10. The third kappa shape index (κ3) is 2.13. The Hall–Kier alpha value is -1.31. The maximum Gasteiger partial charge on any atom is 0.310 e. The van der Waals surface area contributed by atoms with E-state index in [-0.39, 0.29) is 5.97 Å². The fraction of sp³-hybridized carbons (Fsp3) is 0.417. The first-order valence-corrected chi connectivity index (χ1v) is 5.10. The predicted octanol–water partition coefficient (Wildman–Crippen LogP) is 2.88. The molecule has 0 N–H and O–H groups in total. The average Bonchev–Trinajstić information content (AvgIpc) is 3.02. The van der Waals surface area contributed by atoms with E-state index in [1.54, 1.807) is 6.92 Å². The van der Waals surface area contributed by atoms with Crippen molar-refractivity contribution in [3.8, 4) is 5.75 Å². The van der Waals surface area contributed by atoms with Crippen molar-refractivity contribution in [2.75, 3.05) is 0 Å². The van der Waals surface area contributed by atoms with Crippen LogP contribution in [0.15, 0.2) is 24.3 Å². The van der Waals surface area contributed by atoms with E-state index in [9.17, 15) is 4.79 Å². The molecule has 0 atom stereocenters. The molecule has 2 nitrogen and oxygen atoms in total. The Kier molecular flexibility index (Phi) is 2.53. The van der Waals surface area contributed by atoms with E-state index in [1.165, 1.54) is 18.4 Å². The van der Waals surface area contributed by atoms with Crippen molar-refractivity contribution in [2.24, 2.45) is 0 Å². The number of ether oxygens (including phenoxy) is 1. The van der Waals surface area contributed by atoms with E-state index in [4.69, 9.17) is 4.74 Å². The minimum Gasteiger partial charge on any atom is -0.427 e. The largest absolute Gasteiger partial charge is 0.427 e. The van der Waals surface area contributed by atoms with Crippen molar-refractivity contribution >= 4 is 5.97 Å². The number of carbonyl (C=O) groups excluding carboxylic acids is 1. The predicted molar refractivity (Wildman–Crippen MR) is 54.3 cm³/mol. The van der Waals surface area contributed by atoms with Gasteiger partial charge in [-0.15, -0.1) is 0 Å². The van der Waals surface area contributed by atoms with Crippen LogP contribution in [0.2, 0.25) is 0 Å². The third-order valence-electron chi connectivity index (χ3n) is 2.45. The number of benzene rings is 1. The molecule has 1 aliphatic carbocycles. The zero-order chi connectivity index (χ0) is 9.97. The van der Waals surface area contributed by atoms with Gasteiger partial charge in [-0.3, -0.25) is 4.79 Å². The van der Waals surface area contributed by atoms with Crippen molar-refractivity contribution in [3.63, 3.8) is 0 Å². The zero-order valence-electron chi connectivity index (χ0n) is 8.32. The Balaban J connectivity index is 2.02. The molecular formula is C12H14O2. The highest BCUT2D eigenvalue weighted by Crippen LogP contribution is 2.40. The molecule has 0 heterocycles. The molecule has 0 aromatic heterocycles. The van der Waals surface area contributed by atoms with E-state index >= 15 is 0 Å². The number of hydrogen-bond acceptors (Lipinski definition) is 2. The molecule has 1 fully saturated rings. The topological polar surface area (TPSA) is 26.3 Å². The van der Waals surface area contributed by atoms with Gasteiger partial charge in [-0.25, -0.2) is 0 Å². The summed E-state index contributed by atoms with van der Waals surface area (Å²) in [7, 11) is 0. The summed E-state index contributed by atoms with van der Waals surface area (Å²) in [6, 6.07) is 7.86. The van der Waals surface area contributed by atoms with Gasteiger partial charge in [-0.1, -0.05) is 19.1 Å². The molecule has 1 aliphatic rings. The maximum absolute atomic E-state index is 11.0. The van der Waals surface area contributed by atoms with Gasteiger partial charge in [0.1, 0.15) is 5.75 Å². The summed E-state index contributed by atoms with van der Waals surface area (Å²) < 4.78 is 5.08. The van der Waals surface area contributed by atoms with Crippen LogP contribution in [-0.2, 0) is 4.79 Å². The second kappa shape index (κ2) is 3.82. The summed E-state index contributed by atoms with van der Waals surface area (Å²) in [6.07, 6.45) is 3.02. The van der Waals surface area contributed by atoms with Crippen LogP contribution in [0, 0.1) is 0 Å². The Morgan fingerprint density at radius 3 is 2.50 bits per heavy atom. The summed E-state index contributed by atoms with van der Waals surface area (Å²) in [5, 5.41) is 0. The van der Waals surface area contributed by atoms with Crippen molar-refractivity contribution in [2.45, 2.75) is 32.1 Å². The molecule has 1 saturated carbocycles. The minimum absolute atomic E-state index is 0.177. The molecule has 0 saturated heterocycles. The van der Waals surface area contributed by atoms with Gasteiger partial charge in [-0.2, -0.15) is 0 Å². The fourth-order valence-electron chi connectivity index (χ4n) is 1.43. The van der Waals surface area contributed by atoms with Gasteiger partial charge in [0.05, 0.1) is 0 Å². The monoisotopic (exact) mass is 190 g/mol. The van der Waals surface area contributed by atoms with Crippen LogP contribution >= 0.6 is 0 Å². The van der Waals surface area contributed by atoms with Gasteiger partial charge in [-0.05, 0) is 36.5 Å². The Morgan fingerprint density at radius 1 is 1.36 bits per heavy atom. The molecule has 74 valence electrons. The van der Waals surface area contributed by atoms with E-state index in [0.29, 0.717) is 12.2 Å². The molecule has 1 aromatic carbocycles. The summed E-state index contributed by atoms with van der Waals surface area (Å²) in [5.41, 5.74) is 1.36. The Bertz CT molecular complexity index is 323. The highest BCUT2D eigenvalue weighted by molar-refractivity contribution is 5.71. The lowest BCUT2D eigenvalue weighted by atomic mass is 10.1. The van der Waals surface area contributed by atoms with Crippen molar-refractivity contribution in [1.29, 1.82) is 0 Å². The molecule has 0 bridgehead atoms. The van der Waals surface area contributed by atoms with Gasteiger partial charge in [0.15, 0.2) is 0 Å². The van der Waals surface area contributed by atoms with E-state index in [0.717, 1.165) is 5.92 Å². The first kappa shape index (κ1) is 9.25. The van der Waals surface area contributed by atoms with Crippen molar-refractivity contribution < 1.29 is 9.53 Å². The zero-order valence-corrected chi connectivity index (χ0v) is 8.32. The molecule has 0 amide bonds. The quantitative estimate of drug-likeness (QED) is 0.541. The standard InChI is InChI=1S/C12H14O2/c1-2-12(13)14-11-7-5-10(6-8-11)9-3-4-9/h5-9H,2-4H2,1H3.